The SMILES string of the molecule is Cn1c(C#CC2CN(c3ccc4c(c3)C(=O)N(C3CCC(=O)NC3=O)C4=O)C2)nn(C2(C(=O)Nc3ccc(C(F)(F)F)cc3Cl)CCC2)c1=O. The van der Waals surface area contributed by atoms with Crippen LogP contribution >= 0.6 is 11.6 Å². The summed E-state index contributed by atoms with van der Waals surface area (Å²) < 4.78 is 41.5. The predicted molar refractivity (Wildman–Crippen MR) is 170 cm³/mol. The monoisotopic (exact) mass is 709 g/mol. The third-order valence-electron chi connectivity index (χ3n) is 9.59. The summed E-state index contributed by atoms with van der Waals surface area (Å²) in [5, 5.41) is 8.80. The fraction of sp³-hybridized carbons (Fsp3) is 0.364. The lowest BCUT2D eigenvalue weighted by atomic mass is 9.76. The third kappa shape index (κ3) is 5.41. The van der Waals surface area contributed by atoms with Gasteiger partial charge in [0, 0.05) is 32.2 Å². The molecule has 1 aromatic heterocycles. The lowest BCUT2D eigenvalue weighted by Crippen LogP contribution is -2.55. The minimum atomic E-state index is -4.61. The van der Waals surface area contributed by atoms with Crippen LogP contribution in [0.5, 0.6) is 0 Å². The highest BCUT2D eigenvalue weighted by Gasteiger charge is 2.49. The Morgan fingerprint density at radius 3 is 2.40 bits per heavy atom. The summed E-state index contributed by atoms with van der Waals surface area (Å²) in [4.78, 5) is 79.6. The van der Waals surface area contributed by atoms with Gasteiger partial charge in [-0.15, -0.1) is 5.10 Å². The van der Waals surface area contributed by atoms with Crippen molar-refractivity contribution in [3.8, 4) is 11.8 Å². The summed E-state index contributed by atoms with van der Waals surface area (Å²) in [5.74, 6) is 3.03. The Hall–Kier alpha value is -5.43. The van der Waals surface area contributed by atoms with Gasteiger partial charge in [0.2, 0.25) is 17.6 Å². The molecule has 2 saturated heterocycles. The number of anilines is 2. The van der Waals surface area contributed by atoms with Crippen molar-refractivity contribution in [3.63, 3.8) is 0 Å². The molecule has 2 N–H and O–H groups in total. The molecular weight excluding hydrogens is 683 g/mol. The summed E-state index contributed by atoms with van der Waals surface area (Å²) in [7, 11) is 1.47. The number of halogens is 4. The third-order valence-corrected chi connectivity index (χ3v) is 9.90. The van der Waals surface area contributed by atoms with Crippen molar-refractivity contribution in [2.45, 2.75) is 49.9 Å². The van der Waals surface area contributed by atoms with Gasteiger partial charge in [-0.05, 0) is 68.0 Å². The molecular formula is C33H27ClF3N7O6. The molecule has 5 amide bonds. The van der Waals surface area contributed by atoms with Crippen LogP contribution in [0.1, 0.15) is 64.2 Å². The minimum absolute atomic E-state index is 0.0249. The van der Waals surface area contributed by atoms with Crippen molar-refractivity contribution >= 4 is 52.5 Å². The summed E-state index contributed by atoms with van der Waals surface area (Å²) >= 11 is 6.04. The van der Waals surface area contributed by atoms with Crippen molar-refractivity contribution in [1.82, 2.24) is 24.6 Å². The Labute approximate surface area is 286 Å². The number of piperidine rings is 1. The Morgan fingerprint density at radius 1 is 1.04 bits per heavy atom. The normalized spacial score (nSPS) is 20.1. The maximum atomic E-state index is 13.4. The molecule has 17 heteroatoms. The standard InChI is InChI=1S/C33H27ClF3N7O6/c1-41-25(40-44(31(41)50)32(11-2-12-32)30(49)38-23-7-4-18(13-22(23)34)33(35,36)37)9-3-17-15-42(16-17)19-5-6-20-21(14-19)29(48)43(28(20)47)24-8-10-26(45)39-27(24)46/h4-7,13-14,17,24H,2,8,10-12,15-16H2,1H3,(H,38,49)(H,39,45,46). The number of alkyl halides is 3. The number of benzene rings is 2. The van der Waals surface area contributed by atoms with Crippen LogP contribution in [-0.4, -0.2) is 67.9 Å². The maximum absolute atomic E-state index is 13.4. The molecule has 1 unspecified atom stereocenters. The van der Waals surface area contributed by atoms with Crippen molar-refractivity contribution in [1.29, 1.82) is 0 Å². The van der Waals surface area contributed by atoms with E-state index in [2.05, 4.69) is 27.6 Å². The second-order valence-electron chi connectivity index (χ2n) is 12.7. The predicted octanol–water partition coefficient (Wildman–Crippen LogP) is 2.66. The van der Waals surface area contributed by atoms with E-state index < -0.39 is 58.5 Å². The number of carbonyl (C=O) groups excluding carboxylic acids is 5. The number of fused-ring (bicyclic) bond motifs is 1. The van der Waals surface area contributed by atoms with Crippen molar-refractivity contribution in [3.05, 3.63) is 74.4 Å². The van der Waals surface area contributed by atoms with Gasteiger partial charge in [0.15, 0.2) is 0 Å². The number of aromatic nitrogens is 3. The van der Waals surface area contributed by atoms with Gasteiger partial charge in [0.25, 0.3) is 17.7 Å². The highest BCUT2D eigenvalue weighted by molar-refractivity contribution is 6.33. The van der Waals surface area contributed by atoms with Crippen molar-refractivity contribution < 1.29 is 37.1 Å². The van der Waals surface area contributed by atoms with E-state index in [0.29, 0.717) is 25.2 Å². The van der Waals surface area contributed by atoms with E-state index in [4.69, 9.17) is 11.6 Å². The first-order valence-electron chi connectivity index (χ1n) is 15.6. The molecule has 0 spiro atoms. The Bertz CT molecular complexity index is 2140. The van der Waals surface area contributed by atoms with Crippen LogP contribution in [-0.2, 0) is 33.1 Å². The van der Waals surface area contributed by atoms with Gasteiger partial charge in [-0.25, -0.2) is 4.79 Å². The largest absolute Gasteiger partial charge is 0.416 e. The van der Waals surface area contributed by atoms with Gasteiger partial charge in [-0.3, -0.25) is 38.8 Å². The van der Waals surface area contributed by atoms with Gasteiger partial charge < -0.3 is 10.2 Å². The van der Waals surface area contributed by atoms with E-state index in [1.165, 1.54) is 17.7 Å². The second kappa shape index (κ2) is 11.9. The fourth-order valence-electron chi connectivity index (χ4n) is 6.51. The topological polar surface area (TPSA) is 156 Å². The molecule has 0 bridgehead atoms. The number of nitrogens with one attached hydrogen (secondary N) is 2. The molecule has 1 atom stereocenters. The van der Waals surface area contributed by atoms with Crippen LogP contribution in [0, 0.1) is 17.8 Å². The number of imide groups is 2. The molecule has 0 radical (unpaired) electrons. The molecule has 4 aliphatic rings. The quantitative estimate of drug-likeness (QED) is 0.303. The highest BCUT2D eigenvalue weighted by Crippen LogP contribution is 2.40. The van der Waals surface area contributed by atoms with E-state index in [0.717, 1.165) is 27.8 Å². The zero-order chi connectivity index (χ0) is 35.7. The van der Waals surface area contributed by atoms with E-state index >= 15 is 0 Å². The van der Waals surface area contributed by atoms with Crippen LogP contribution in [0.25, 0.3) is 0 Å². The van der Waals surface area contributed by atoms with Crippen LogP contribution in [0.4, 0.5) is 24.5 Å². The first-order chi connectivity index (χ1) is 23.7. The average molecular weight is 710 g/mol. The maximum Gasteiger partial charge on any atom is 0.416 e. The van der Waals surface area contributed by atoms with Gasteiger partial charge in [-0.2, -0.15) is 17.9 Å². The number of nitrogens with zero attached hydrogens (tertiary/aromatic N) is 5. The van der Waals surface area contributed by atoms with Gasteiger partial charge in [0.05, 0.1) is 33.3 Å². The molecule has 7 rings (SSSR count). The first-order valence-corrected chi connectivity index (χ1v) is 16.0. The molecule has 3 aliphatic heterocycles. The van der Waals surface area contributed by atoms with E-state index in [1.54, 1.807) is 12.1 Å². The van der Waals surface area contributed by atoms with Crippen LogP contribution in [0.2, 0.25) is 5.02 Å². The lowest BCUT2D eigenvalue weighted by molar-refractivity contribution is -0.138. The molecule has 3 fully saturated rings. The smallest absolute Gasteiger partial charge is 0.369 e. The number of hydrogen-bond acceptors (Lipinski definition) is 8. The fourth-order valence-corrected chi connectivity index (χ4v) is 6.73. The Morgan fingerprint density at radius 2 is 1.76 bits per heavy atom. The summed E-state index contributed by atoms with van der Waals surface area (Å²) in [5.41, 5.74) is -1.92. The zero-order valence-corrected chi connectivity index (χ0v) is 27.0. The van der Waals surface area contributed by atoms with Crippen LogP contribution in [0.15, 0.2) is 41.2 Å². The Kier molecular flexibility index (Phi) is 7.85. The van der Waals surface area contributed by atoms with Crippen LogP contribution in [0.3, 0.4) is 0 Å². The van der Waals surface area contributed by atoms with E-state index in [1.807, 2.05) is 4.90 Å². The van der Waals surface area contributed by atoms with Gasteiger partial charge >= 0.3 is 11.9 Å². The lowest BCUT2D eigenvalue weighted by Gasteiger charge is -2.39. The second-order valence-corrected chi connectivity index (χ2v) is 13.1. The van der Waals surface area contributed by atoms with E-state index in [9.17, 15) is 41.9 Å². The molecule has 4 heterocycles. The van der Waals surface area contributed by atoms with Crippen molar-refractivity contribution in [2.75, 3.05) is 23.3 Å². The minimum Gasteiger partial charge on any atom is -0.369 e. The first kappa shape index (κ1) is 33.1. The van der Waals surface area contributed by atoms with Gasteiger partial charge in [0.1, 0.15) is 11.6 Å². The molecule has 13 nitrogen and oxygen atoms in total. The average Bonchev–Trinajstić information content (AvgIpc) is 3.43. The molecule has 50 heavy (non-hydrogen) atoms. The summed E-state index contributed by atoms with van der Waals surface area (Å²) in [6.07, 6.45) is -3.35. The number of hydrogen-bond donors (Lipinski definition) is 2. The van der Waals surface area contributed by atoms with E-state index in [-0.39, 0.29) is 59.3 Å². The molecule has 3 aromatic rings. The number of amides is 5. The highest BCUT2D eigenvalue weighted by atomic mass is 35.5. The molecule has 258 valence electrons. The molecule has 2 aromatic carbocycles. The zero-order valence-electron chi connectivity index (χ0n) is 26.3. The molecule has 1 saturated carbocycles. The molecule has 1 aliphatic carbocycles. The van der Waals surface area contributed by atoms with Gasteiger partial charge in [-0.1, -0.05) is 17.5 Å². The summed E-state index contributed by atoms with van der Waals surface area (Å²) in [6, 6.07) is 6.36. The van der Waals surface area contributed by atoms with Crippen molar-refractivity contribution in [2.24, 2.45) is 13.0 Å². The number of rotatable bonds is 5. The number of carbonyl (C=O) groups is 5. The Balaban J connectivity index is 1.03. The summed E-state index contributed by atoms with van der Waals surface area (Å²) in [6.45, 7) is 0.944. The van der Waals surface area contributed by atoms with Crippen LogP contribution < -0.4 is 21.2 Å².